The van der Waals surface area contributed by atoms with E-state index in [4.69, 9.17) is 9.05 Å². The molecule has 1 atom stereocenters. The van der Waals surface area contributed by atoms with Crippen molar-refractivity contribution in [2.24, 2.45) is 0 Å². The Morgan fingerprint density at radius 1 is 0.731 bits per heavy atom. The molecule has 0 radical (unpaired) electrons. The predicted molar refractivity (Wildman–Crippen MR) is 114 cm³/mol. The van der Waals surface area contributed by atoms with Crippen LogP contribution in [0.1, 0.15) is 62.3 Å². The Morgan fingerprint density at radius 2 is 1.27 bits per heavy atom. The largest absolute Gasteiger partial charge is 0.438 e. The summed E-state index contributed by atoms with van der Waals surface area (Å²) in [4.78, 5) is 0. The highest BCUT2D eigenvalue weighted by atomic mass is 31.2. The van der Waals surface area contributed by atoms with Gasteiger partial charge < -0.3 is 9.05 Å². The number of rotatable bonds is 10. The summed E-state index contributed by atoms with van der Waals surface area (Å²) in [5.74, 6) is 1.94. The van der Waals surface area contributed by atoms with Gasteiger partial charge in [0.25, 0.3) is 8.38 Å². The van der Waals surface area contributed by atoms with Crippen LogP contribution in [-0.2, 0) is 19.3 Å². The lowest BCUT2D eigenvalue weighted by molar-refractivity contribution is 0.488. The lowest BCUT2D eigenvalue weighted by Crippen LogP contribution is -2.00. The van der Waals surface area contributed by atoms with E-state index in [1.165, 1.54) is 28.7 Å². The van der Waals surface area contributed by atoms with E-state index in [2.05, 4.69) is 64.1 Å². The Morgan fingerprint density at radius 3 is 1.85 bits per heavy atom. The molecule has 2 nitrogen and oxygen atoms in total. The molecular weight excluding hydrogens is 339 g/mol. The second-order valence-electron chi connectivity index (χ2n) is 6.93. The molecule has 0 amide bonds. The van der Waals surface area contributed by atoms with Crippen molar-refractivity contribution in [3.63, 3.8) is 0 Å². The third-order valence-electron chi connectivity index (χ3n) is 4.37. The molecule has 0 heterocycles. The van der Waals surface area contributed by atoms with Crippen LogP contribution in [-0.4, -0.2) is 6.66 Å². The quantitative estimate of drug-likeness (QED) is 0.409. The first-order chi connectivity index (χ1) is 12.6. The molecule has 3 heteroatoms. The van der Waals surface area contributed by atoms with Gasteiger partial charge in [-0.25, -0.2) is 0 Å². The van der Waals surface area contributed by atoms with Crippen molar-refractivity contribution in [1.82, 2.24) is 0 Å². The van der Waals surface area contributed by atoms with Crippen molar-refractivity contribution in [2.75, 3.05) is 6.66 Å². The summed E-state index contributed by atoms with van der Waals surface area (Å²) < 4.78 is 12.5. The van der Waals surface area contributed by atoms with Crippen LogP contribution < -0.4 is 9.05 Å². The Hall–Kier alpha value is -1.53. The van der Waals surface area contributed by atoms with Crippen molar-refractivity contribution in [3.05, 3.63) is 58.7 Å². The van der Waals surface area contributed by atoms with Gasteiger partial charge in [-0.05, 0) is 55.0 Å². The lowest BCUT2D eigenvalue weighted by Gasteiger charge is -2.19. The Balaban J connectivity index is 2.13. The van der Waals surface area contributed by atoms with Gasteiger partial charge in [0.15, 0.2) is 0 Å². The van der Waals surface area contributed by atoms with E-state index in [0.29, 0.717) is 0 Å². The second-order valence-corrected chi connectivity index (χ2v) is 8.17. The molecule has 0 saturated heterocycles. The van der Waals surface area contributed by atoms with Crippen LogP contribution in [0.4, 0.5) is 0 Å². The van der Waals surface area contributed by atoms with Crippen LogP contribution in [0.5, 0.6) is 11.5 Å². The Bertz CT molecular complexity index is 697. The first-order valence-electron chi connectivity index (χ1n) is 9.88. The zero-order valence-electron chi connectivity index (χ0n) is 17.0. The summed E-state index contributed by atoms with van der Waals surface area (Å²) in [5, 5.41) is 0. The molecular formula is C23H33O2P. The van der Waals surface area contributed by atoms with Crippen molar-refractivity contribution in [1.29, 1.82) is 0 Å². The zero-order valence-corrected chi connectivity index (χ0v) is 17.9. The van der Waals surface area contributed by atoms with Crippen molar-refractivity contribution < 1.29 is 9.05 Å². The highest BCUT2D eigenvalue weighted by Gasteiger charge is 2.14. The first-order valence-corrected chi connectivity index (χ1v) is 11.5. The highest BCUT2D eigenvalue weighted by molar-refractivity contribution is 7.47. The molecule has 0 saturated carbocycles. The summed E-state index contributed by atoms with van der Waals surface area (Å²) in [7, 11) is -1.01. The number of hydrogen-bond acceptors (Lipinski definition) is 2. The summed E-state index contributed by atoms with van der Waals surface area (Å²) in [6.07, 6.45) is 6.60. The molecule has 0 aromatic heterocycles. The fraction of sp³-hybridized carbons (Fsp3) is 0.478. The minimum atomic E-state index is -1.01. The summed E-state index contributed by atoms with van der Waals surface area (Å²) in [5.41, 5.74) is 5.25. The normalized spacial score (nSPS) is 12.0. The lowest BCUT2D eigenvalue weighted by atomic mass is 10.0. The van der Waals surface area contributed by atoms with Crippen LogP contribution in [0.25, 0.3) is 0 Å². The SMILES string of the molecule is CCCc1ccc(OP(C)Oc2ccc(C)cc2CCC)c(CCC)c1. The van der Waals surface area contributed by atoms with Crippen molar-refractivity contribution in [3.8, 4) is 11.5 Å². The van der Waals surface area contributed by atoms with Gasteiger partial charge in [0, 0.05) is 6.66 Å². The third-order valence-corrected chi connectivity index (χ3v) is 5.28. The molecule has 0 aliphatic heterocycles. The molecule has 2 aromatic carbocycles. The summed E-state index contributed by atoms with van der Waals surface area (Å²) >= 11 is 0. The van der Waals surface area contributed by atoms with Crippen LogP contribution in [0, 0.1) is 6.92 Å². The van der Waals surface area contributed by atoms with E-state index in [1.807, 2.05) is 6.66 Å². The van der Waals surface area contributed by atoms with E-state index in [1.54, 1.807) is 0 Å². The van der Waals surface area contributed by atoms with Crippen molar-refractivity contribution >= 4 is 8.38 Å². The molecule has 0 aliphatic carbocycles. The maximum absolute atomic E-state index is 6.24. The molecule has 0 fully saturated rings. The molecule has 0 bridgehead atoms. The molecule has 0 N–H and O–H groups in total. The number of benzene rings is 2. The van der Waals surface area contributed by atoms with Gasteiger partial charge in [-0.3, -0.25) is 0 Å². The van der Waals surface area contributed by atoms with Crippen molar-refractivity contribution in [2.45, 2.75) is 66.2 Å². The van der Waals surface area contributed by atoms with Gasteiger partial charge >= 0.3 is 0 Å². The van der Waals surface area contributed by atoms with E-state index < -0.39 is 8.38 Å². The maximum atomic E-state index is 6.24. The van der Waals surface area contributed by atoms with Gasteiger partial charge in [0.2, 0.25) is 0 Å². The molecule has 2 rings (SSSR count). The second kappa shape index (κ2) is 10.6. The summed E-state index contributed by atoms with van der Waals surface area (Å²) in [6.45, 7) is 10.8. The molecule has 142 valence electrons. The van der Waals surface area contributed by atoms with Crippen LogP contribution in [0.3, 0.4) is 0 Å². The summed E-state index contributed by atoms with van der Waals surface area (Å²) in [6, 6.07) is 13.0. The van der Waals surface area contributed by atoms with E-state index in [0.717, 1.165) is 43.6 Å². The predicted octanol–water partition coefficient (Wildman–Crippen LogP) is 7.25. The zero-order chi connectivity index (χ0) is 18.9. The van der Waals surface area contributed by atoms with Gasteiger partial charge in [-0.15, -0.1) is 0 Å². The fourth-order valence-electron chi connectivity index (χ4n) is 3.19. The molecule has 26 heavy (non-hydrogen) atoms. The average Bonchev–Trinajstić information content (AvgIpc) is 2.60. The smallest absolute Gasteiger partial charge is 0.286 e. The van der Waals surface area contributed by atoms with Gasteiger partial charge in [-0.1, -0.05) is 69.9 Å². The third kappa shape index (κ3) is 6.02. The Labute approximate surface area is 160 Å². The topological polar surface area (TPSA) is 18.5 Å². The Kier molecular flexibility index (Phi) is 8.45. The van der Waals surface area contributed by atoms with Gasteiger partial charge in [-0.2, -0.15) is 0 Å². The van der Waals surface area contributed by atoms with E-state index in [9.17, 15) is 0 Å². The van der Waals surface area contributed by atoms with E-state index >= 15 is 0 Å². The van der Waals surface area contributed by atoms with Gasteiger partial charge in [0.1, 0.15) is 11.5 Å². The molecule has 1 unspecified atom stereocenters. The molecule has 2 aromatic rings. The highest BCUT2D eigenvalue weighted by Crippen LogP contribution is 2.40. The minimum absolute atomic E-state index is 0.964. The van der Waals surface area contributed by atoms with Crippen LogP contribution >= 0.6 is 8.38 Å². The minimum Gasteiger partial charge on any atom is -0.438 e. The average molecular weight is 372 g/mol. The first kappa shape index (κ1) is 20.8. The van der Waals surface area contributed by atoms with Crippen LogP contribution in [0.2, 0.25) is 0 Å². The van der Waals surface area contributed by atoms with Gasteiger partial charge in [0.05, 0.1) is 0 Å². The molecule has 0 aliphatic rings. The number of aryl methyl sites for hydroxylation is 4. The van der Waals surface area contributed by atoms with E-state index in [-0.39, 0.29) is 0 Å². The standard InChI is InChI=1S/C23H33O2P/c1-6-9-19-13-15-23(21(17-19)11-8-3)25-26(5)24-22-14-12-18(4)16-20(22)10-7-2/h12-17H,6-11H2,1-5H3. The number of hydrogen-bond donors (Lipinski definition) is 0. The maximum Gasteiger partial charge on any atom is 0.286 e. The fourth-order valence-corrected chi connectivity index (χ4v) is 4.14. The monoisotopic (exact) mass is 372 g/mol. The molecule has 0 spiro atoms. The van der Waals surface area contributed by atoms with Crippen LogP contribution in [0.15, 0.2) is 36.4 Å².